The maximum absolute atomic E-state index is 13.0. The Labute approximate surface area is 109 Å². The molecule has 0 aromatic heterocycles. The highest BCUT2D eigenvalue weighted by atomic mass is 79.9. The van der Waals surface area contributed by atoms with E-state index in [1.807, 2.05) is 6.92 Å². The molecule has 1 aromatic carbocycles. The van der Waals surface area contributed by atoms with Gasteiger partial charge in [0.05, 0.1) is 0 Å². The molecule has 1 aromatic rings. The van der Waals surface area contributed by atoms with Crippen LogP contribution in [0.1, 0.15) is 18.9 Å². The summed E-state index contributed by atoms with van der Waals surface area (Å²) >= 11 is 3.31. The SMILES string of the molecule is CCNCCC(=O)NCc1cc(F)ccc1Br. The van der Waals surface area contributed by atoms with E-state index in [1.165, 1.54) is 12.1 Å². The van der Waals surface area contributed by atoms with Crippen molar-refractivity contribution in [3.8, 4) is 0 Å². The predicted molar refractivity (Wildman–Crippen MR) is 69.1 cm³/mol. The Morgan fingerprint density at radius 2 is 2.24 bits per heavy atom. The Bertz CT molecular complexity index is 385. The van der Waals surface area contributed by atoms with Gasteiger partial charge in [0.15, 0.2) is 0 Å². The van der Waals surface area contributed by atoms with E-state index < -0.39 is 0 Å². The number of hydrogen-bond donors (Lipinski definition) is 2. The highest BCUT2D eigenvalue weighted by molar-refractivity contribution is 9.10. The summed E-state index contributed by atoms with van der Waals surface area (Å²) in [4.78, 5) is 11.4. The van der Waals surface area contributed by atoms with E-state index in [0.29, 0.717) is 19.5 Å². The minimum absolute atomic E-state index is 0.0397. The van der Waals surface area contributed by atoms with Crippen molar-refractivity contribution in [3.05, 3.63) is 34.1 Å². The average Bonchev–Trinajstić information content (AvgIpc) is 2.31. The van der Waals surface area contributed by atoms with Gasteiger partial charge in [0.1, 0.15) is 5.82 Å². The lowest BCUT2D eigenvalue weighted by Gasteiger charge is -2.07. The molecule has 0 heterocycles. The van der Waals surface area contributed by atoms with E-state index in [9.17, 15) is 9.18 Å². The van der Waals surface area contributed by atoms with Crippen molar-refractivity contribution < 1.29 is 9.18 Å². The lowest BCUT2D eigenvalue weighted by atomic mass is 10.2. The molecule has 0 atom stereocenters. The van der Waals surface area contributed by atoms with Crippen molar-refractivity contribution in [2.45, 2.75) is 19.9 Å². The van der Waals surface area contributed by atoms with Crippen LogP contribution in [-0.2, 0) is 11.3 Å². The third kappa shape index (κ3) is 5.28. The molecule has 17 heavy (non-hydrogen) atoms. The minimum Gasteiger partial charge on any atom is -0.352 e. The van der Waals surface area contributed by atoms with Crippen molar-refractivity contribution >= 4 is 21.8 Å². The van der Waals surface area contributed by atoms with Gasteiger partial charge in [0.25, 0.3) is 0 Å². The highest BCUT2D eigenvalue weighted by Gasteiger charge is 2.04. The van der Waals surface area contributed by atoms with Gasteiger partial charge < -0.3 is 10.6 Å². The van der Waals surface area contributed by atoms with Gasteiger partial charge in [-0.2, -0.15) is 0 Å². The zero-order valence-corrected chi connectivity index (χ0v) is 11.3. The molecule has 0 aliphatic carbocycles. The number of halogens is 2. The molecule has 0 bridgehead atoms. The molecule has 0 aliphatic heterocycles. The van der Waals surface area contributed by atoms with Crippen LogP contribution in [0.4, 0.5) is 4.39 Å². The lowest BCUT2D eigenvalue weighted by molar-refractivity contribution is -0.121. The van der Waals surface area contributed by atoms with Crippen LogP contribution in [0, 0.1) is 5.82 Å². The number of nitrogens with one attached hydrogen (secondary N) is 2. The Balaban J connectivity index is 2.39. The second-order valence-corrected chi connectivity index (χ2v) is 4.47. The lowest BCUT2D eigenvalue weighted by Crippen LogP contribution is -2.27. The molecule has 0 radical (unpaired) electrons. The summed E-state index contributed by atoms with van der Waals surface area (Å²) in [7, 11) is 0. The van der Waals surface area contributed by atoms with E-state index in [2.05, 4.69) is 26.6 Å². The van der Waals surface area contributed by atoms with Crippen LogP contribution in [0.15, 0.2) is 22.7 Å². The van der Waals surface area contributed by atoms with Crippen LogP contribution in [0.2, 0.25) is 0 Å². The van der Waals surface area contributed by atoms with Gasteiger partial charge in [0.2, 0.25) is 5.91 Å². The Morgan fingerprint density at radius 3 is 2.94 bits per heavy atom. The first kappa shape index (κ1) is 14.1. The van der Waals surface area contributed by atoms with Crippen molar-refractivity contribution in [1.29, 1.82) is 0 Å². The van der Waals surface area contributed by atoms with Crippen LogP contribution in [0.25, 0.3) is 0 Å². The number of hydrogen-bond acceptors (Lipinski definition) is 2. The zero-order valence-electron chi connectivity index (χ0n) is 9.72. The topological polar surface area (TPSA) is 41.1 Å². The van der Waals surface area contributed by atoms with Crippen LogP contribution >= 0.6 is 15.9 Å². The van der Waals surface area contributed by atoms with Crippen molar-refractivity contribution in [2.75, 3.05) is 13.1 Å². The maximum Gasteiger partial charge on any atom is 0.221 e. The minimum atomic E-state index is -0.301. The fourth-order valence-corrected chi connectivity index (χ4v) is 1.73. The molecule has 0 saturated carbocycles. The Kier molecular flexibility index (Phi) is 6.15. The van der Waals surface area contributed by atoms with Gasteiger partial charge in [-0.3, -0.25) is 4.79 Å². The Morgan fingerprint density at radius 1 is 1.47 bits per heavy atom. The maximum atomic E-state index is 13.0. The van der Waals surface area contributed by atoms with E-state index in [-0.39, 0.29) is 11.7 Å². The molecule has 0 spiro atoms. The number of benzene rings is 1. The number of carbonyl (C=O) groups excluding carboxylic acids is 1. The molecule has 0 unspecified atom stereocenters. The zero-order chi connectivity index (χ0) is 12.7. The summed E-state index contributed by atoms with van der Waals surface area (Å²) in [5, 5.41) is 5.82. The number of rotatable bonds is 6. The number of amides is 1. The normalized spacial score (nSPS) is 10.3. The first-order chi connectivity index (χ1) is 8.13. The second-order valence-electron chi connectivity index (χ2n) is 3.62. The van der Waals surface area contributed by atoms with Gasteiger partial charge in [-0.25, -0.2) is 4.39 Å². The van der Waals surface area contributed by atoms with Gasteiger partial charge in [-0.15, -0.1) is 0 Å². The van der Waals surface area contributed by atoms with Crippen molar-refractivity contribution in [1.82, 2.24) is 10.6 Å². The summed E-state index contributed by atoms with van der Waals surface area (Å²) in [6, 6.07) is 4.42. The van der Waals surface area contributed by atoms with E-state index in [1.54, 1.807) is 6.07 Å². The summed E-state index contributed by atoms with van der Waals surface area (Å²) in [6.45, 7) is 3.83. The molecule has 0 aliphatic rings. The predicted octanol–water partition coefficient (Wildman–Crippen LogP) is 2.20. The van der Waals surface area contributed by atoms with Gasteiger partial charge in [-0.1, -0.05) is 22.9 Å². The van der Waals surface area contributed by atoms with E-state index >= 15 is 0 Å². The standard InChI is InChI=1S/C12H16BrFN2O/c1-2-15-6-5-12(17)16-8-9-7-10(14)3-4-11(9)13/h3-4,7,15H,2,5-6,8H2,1H3,(H,16,17). The first-order valence-corrected chi connectivity index (χ1v) is 6.34. The quantitative estimate of drug-likeness (QED) is 0.791. The van der Waals surface area contributed by atoms with Crippen LogP contribution in [0.5, 0.6) is 0 Å². The van der Waals surface area contributed by atoms with Gasteiger partial charge in [-0.05, 0) is 30.3 Å². The largest absolute Gasteiger partial charge is 0.352 e. The molecular weight excluding hydrogens is 287 g/mol. The molecule has 2 N–H and O–H groups in total. The molecule has 94 valence electrons. The van der Waals surface area contributed by atoms with E-state index in [4.69, 9.17) is 0 Å². The molecule has 1 rings (SSSR count). The van der Waals surface area contributed by atoms with Crippen LogP contribution < -0.4 is 10.6 Å². The second kappa shape index (κ2) is 7.40. The van der Waals surface area contributed by atoms with Crippen LogP contribution in [-0.4, -0.2) is 19.0 Å². The molecular formula is C12H16BrFN2O. The molecule has 0 saturated heterocycles. The van der Waals surface area contributed by atoms with Gasteiger partial charge >= 0.3 is 0 Å². The third-order valence-corrected chi connectivity index (χ3v) is 3.04. The first-order valence-electron chi connectivity index (χ1n) is 5.54. The molecule has 0 fully saturated rings. The Hall–Kier alpha value is -0.940. The summed E-state index contributed by atoms with van der Waals surface area (Å²) in [6.07, 6.45) is 0.431. The molecule has 3 nitrogen and oxygen atoms in total. The highest BCUT2D eigenvalue weighted by Crippen LogP contribution is 2.17. The fourth-order valence-electron chi connectivity index (χ4n) is 1.34. The summed E-state index contributed by atoms with van der Waals surface area (Å²) in [5.74, 6) is -0.341. The number of carbonyl (C=O) groups is 1. The summed E-state index contributed by atoms with van der Waals surface area (Å²) in [5.41, 5.74) is 0.738. The van der Waals surface area contributed by atoms with Crippen LogP contribution in [0.3, 0.4) is 0 Å². The average molecular weight is 303 g/mol. The smallest absolute Gasteiger partial charge is 0.221 e. The van der Waals surface area contributed by atoms with Gasteiger partial charge in [0, 0.05) is 24.0 Å². The molecule has 5 heteroatoms. The van der Waals surface area contributed by atoms with E-state index in [0.717, 1.165) is 16.6 Å². The monoisotopic (exact) mass is 302 g/mol. The molecule has 1 amide bonds. The van der Waals surface area contributed by atoms with Crippen molar-refractivity contribution in [3.63, 3.8) is 0 Å². The third-order valence-electron chi connectivity index (χ3n) is 2.26. The fraction of sp³-hybridized carbons (Fsp3) is 0.417. The van der Waals surface area contributed by atoms with Crippen molar-refractivity contribution in [2.24, 2.45) is 0 Å². The summed E-state index contributed by atoms with van der Waals surface area (Å²) < 4.78 is 13.8.